The lowest BCUT2D eigenvalue weighted by Gasteiger charge is -2.22. The Bertz CT molecular complexity index is 503. The van der Waals surface area contributed by atoms with Crippen LogP contribution in [0.4, 0.5) is 0 Å². The Morgan fingerprint density at radius 1 is 1.56 bits per heavy atom. The van der Waals surface area contributed by atoms with Crippen LogP contribution in [0.5, 0.6) is 0 Å². The topological polar surface area (TPSA) is 83.2 Å². The highest BCUT2D eigenvalue weighted by atomic mass is 32.2. The Labute approximate surface area is 107 Å². The van der Waals surface area contributed by atoms with Gasteiger partial charge in [0.05, 0.1) is 17.0 Å². The van der Waals surface area contributed by atoms with Gasteiger partial charge < -0.3 is 15.0 Å². The Kier molecular flexibility index (Phi) is 3.76. The minimum atomic E-state index is -3.49. The van der Waals surface area contributed by atoms with Crippen LogP contribution in [0.3, 0.4) is 0 Å². The van der Waals surface area contributed by atoms with Gasteiger partial charge in [-0.3, -0.25) is 0 Å². The van der Waals surface area contributed by atoms with Crippen LogP contribution in [-0.2, 0) is 21.3 Å². The number of sulfonamides is 1. The number of rotatable bonds is 5. The third-order valence-electron chi connectivity index (χ3n) is 2.99. The molecule has 0 aliphatic carbocycles. The Balaban J connectivity index is 2.14. The molecule has 3 N–H and O–H groups in total. The van der Waals surface area contributed by atoms with E-state index in [2.05, 4.69) is 15.0 Å². The molecule has 7 heteroatoms. The number of hydrogen-bond donors (Lipinski definition) is 3. The highest BCUT2D eigenvalue weighted by molar-refractivity contribution is 7.89. The number of H-pyrrole nitrogens is 1. The number of ether oxygens (including phenoxy) is 1. The second-order valence-corrected chi connectivity index (χ2v) is 6.54. The lowest BCUT2D eigenvalue weighted by Crippen LogP contribution is -2.46. The number of aromatic nitrogens is 1. The van der Waals surface area contributed by atoms with Crippen LogP contribution < -0.4 is 10.0 Å². The number of aromatic amines is 1. The van der Waals surface area contributed by atoms with Gasteiger partial charge in [-0.1, -0.05) is 0 Å². The third kappa shape index (κ3) is 2.92. The first-order chi connectivity index (χ1) is 8.45. The van der Waals surface area contributed by atoms with Crippen LogP contribution in [0.15, 0.2) is 17.2 Å². The average Bonchev–Trinajstić information content (AvgIpc) is 2.87. The first kappa shape index (κ1) is 13.5. The van der Waals surface area contributed by atoms with Crippen molar-refractivity contribution < 1.29 is 13.2 Å². The number of hydrogen-bond acceptors (Lipinski definition) is 4. The fraction of sp³-hybridized carbons (Fsp3) is 0.636. The molecule has 1 saturated heterocycles. The molecule has 0 radical (unpaired) electrons. The molecule has 0 bridgehead atoms. The van der Waals surface area contributed by atoms with Gasteiger partial charge in [0.1, 0.15) is 0 Å². The maximum absolute atomic E-state index is 12.2. The quantitative estimate of drug-likeness (QED) is 0.715. The van der Waals surface area contributed by atoms with Crippen molar-refractivity contribution in [3.63, 3.8) is 0 Å². The molecule has 2 rings (SSSR count). The van der Waals surface area contributed by atoms with Gasteiger partial charge in [-0.15, -0.1) is 0 Å². The molecule has 0 aromatic carbocycles. The highest BCUT2D eigenvalue weighted by Crippen LogP contribution is 2.21. The predicted molar refractivity (Wildman–Crippen MR) is 67.7 cm³/mol. The molecule has 0 saturated carbocycles. The molecular weight excluding hydrogens is 254 g/mol. The molecule has 0 amide bonds. The maximum Gasteiger partial charge on any atom is 0.242 e. The molecule has 18 heavy (non-hydrogen) atoms. The zero-order valence-electron chi connectivity index (χ0n) is 10.6. The predicted octanol–water partition coefficient (Wildman–Crippen LogP) is 0.191. The van der Waals surface area contributed by atoms with E-state index >= 15 is 0 Å². The standard InChI is InChI=1S/C11H19N3O3S/c1-11(3-4-17-8-11)14-18(15,16)10-5-9(6-12-2)13-7-10/h5,7,12-14H,3-4,6,8H2,1-2H3. The van der Waals surface area contributed by atoms with Crippen molar-refractivity contribution >= 4 is 10.0 Å². The molecule has 1 unspecified atom stereocenters. The van der Waals surface area contributed by atoms with Crippen molar-refractivity contribution in [2.75, 3.05) is 20.3 Å². The fourth-order valence-electron chi connectivity index (χ4n) is 2.00. The van der Waals surface area contributed by atoms with Gasteiger partial charge in [0.15, 0.2) is 0 Å². The van der Waals surface area contributed by atoms with Gasteiger partial charge in [0.25, 0.3) is 0 Å². The summed E-state index contributed by atoms with van der Waals surface area (Å²) in [6.45, 7) is 3.48. The Morgan fingerprint density at radius 3 is 2.94 bits per heavy atom. The molecule has 0 spiro atoms. The first-order valence-corrected chi connectivity index (χ1v) is 7.37. The lowest BCUT2D eigenvalue weighted by molar-refractivity contribution is 0.178. The van der Waals surface area contributed by atoms with Gasteiger partial charge in [0, 0.05) is 25.0 Å². The van der Waals surface area contributed by atoms with Crippen molar-refractivity contribution in [1.82, 2.24) is 15.0 Å². The van der Waals surface area contributed by atoms with E-state index in [1.807, 2.05) is 14.0 Å². The van der Waals surface area contributed by atoms with E-state index < -0.39 is 15.6 Å². The van der Waals surface area contributed by atoms with Crippen molar-refractivity contribution in [3.05, 3.63) is 18.0 Å². The van der Waals surface area contributed by atoms with Gasteiger partial charge in [-0.25, -0.2) is 13.1 Å². The SMILES string of the molecule is CNCc1cc(S(=O)(=O)NC2(C)CCOC2)c[nH]1. The summed E-state index contributed by atoms with van der Waals surface area (Å²) in [6, 6.07) is 1.64. The molecule has 1 aliphatic heterocycles. The van der Waals surface area contributed by atoms with Crippen molar-refractivity contribution in [2.45, 2.75) is 30.3 Å². The average molecular weight is 273 g/mol. The van der Waals surface area contributed by atoms with Crippen LogP contribution in [0, 0.1) is 0 Å². The van der Waals surface area contributed by atoms with Gasteiger partial charge in [-0.05, 0) is 26.5 Å². The summed E-state index contributed by atoms with van der Waals surface area (Å²) in [5.74, 6) is 0. The minimum absolute atomic E-state index is 0.265. The van der Waals surface area contributed by atoms with E-state index in [4.69, 9.17) is 4.74 Å². The highest BCUT2D eigenvalue weighted by Gasteiger charge is 2.34. The third-order valence-corrected chi connectivity index (χ3v) is 4.61. The van der Waals surface area contributed by atoms with Gasteiger partial charge in [0.2, 0.25) is 10.0 Å². The summed E-state index contributed by atoms with van der Waals surface area (Å²) >= 11 is 0. The van der Waals surface area contributed by atoms with E-state index in [0.29, 0.717) is 26.2 Å². The minimum Gasteiger partial charge on any atom is -0.379 e. The maximum atomic E-state index is 12.2. The molecule has 1 aliphatic rings. The van der Waals surface area contributed by atoms with E-state index in [9.17, 15) is 8.42 Å². The van der Waals surface area contributed by atoms with Crippen molar-refractivity contribution in [3.8, 4) is 0 Å². The van der Waals surface area contributed by atoms with Crippen LogP contribution in [0.1, 0.15) is 19.0 Å². The van der Waals surface area contributed by atoms with Crippen LogP contribution in [0.2, 0.25) is 0 Å². The Morgan fingerprint density at radius 2 is 2.33 bits per heavy atom. The summed E-state index contributed by atoms with van der Waals surface area (Å²) in [5.41, 5.74) is 0.338. The zero-order valence-corrected chi connectivity index (χ0v) is 11.4. The molecule has 1 atom stereocenters. The molecular formula is C11H19N3O3S. The monoisotopic (exact) mass is 273 g/mol. The second-order valence-electron chi connectivity index (χ2n) is 4.86. The van der Waals surface area contributed by atoms with E-state index in [0.717, 1.165) is 5.69 Å². The summed E-state index contributed by atoms with van der Waals surface area (Å²) < 4.78 is 32.4. The summed E-state index contributed by atoms with van der Waals surface area (Å²) in [4.78, 5) is 3.20. The molecule has 1 aromatic heterocycles. The molecule has 1 aromatic rings. The first-order valence-electron chi connectivity index (χ1n) is 5.89. The van der Waals surface area contributed by atoms with Crippen LogP contribution in [-0.4, -0.2) is 39.2 Å². The van der Waals surface area contributed by atoms with Crippen LogP contribution in [0.25, 0.3) is 0 Å². The van der Waals surface area contributed by atoms with Gasteiger partial charge in [-0.2, -0.15) is 0 Å². The summed E-state index contributed by atoms with van der Waals surface area (Å²) in [7, 11) is -1.68. The fourth-order valence-corrected chi connectivity index (χ4v) is 3.44. The second kappa shape index (κ2) is 5.00. The van der Waals surface area contributed by atoms with Crippen molar-refractivity contribution in [1.29, 1.82) is 0 Å². The molecule has 102 valence electrons. The largest absolute Gasteiger partial charge is 0.379 e. The summed E-state index contributed by atoms with van der Waals surface area (Å²) in [6.07, 6.45) is 2.20. The Hall–Kier alpha value is -0.890. The van der Waals surface area contributed by atoms with Crippen molar-refractivity contribution in [2.24, 2.45) is 0 Å². The molecule has 1 fully saturated rings. The number of nitrogens with one attached hydrogen (secondary N) is 3. The molecule has 6 nitrogen and oxygen atoms in total. The zero-order chi connectivity index (χ0) is 13.2. The smallest absolute Gasteiger partial charge is 0.242 e. The van der Waals surface area contributed by atoms with E-state index in [-0.39, 0.29) is 4.90 Å². The normalized spacial score (nSPS) is 24.6. The van der Waals surface area contributed by atoms with E-state index in [1.54, 1.807) is 6.07 Å². The lowest BCUT2D eigenvalue weighted by atomic mass is 10.0. The molecule has 2 heterocycles. The summed E-state index contributed by atoms with van der Waals surface area (Å²) in [5, 5.41) is 2.96. The van der Waals surface area contributed by atoms with E-state index in [1.165, 1.54) is 6.20 Å². The van der Waals surface area contributed by atoms with Gasteiger partial charge >= 0.3 is 0 Å². The van der Waals surface area contributed by atoms with Crippen LogP contribution >= 0.6 is 0 Å².